The van der Waals surface area contributed by atoms with Crippen molar-refractivity contribution in [3.8, 4) is 0 Å². The fourth-order valence-electron chi connectivity index (χ4n) is 0.670. The van der Waals surface area contributed by atoms with Crippen LogP contribution in [0.2, 0.25) is 0 Å². The van der Waals surface area contributed by atoms with Crippen LogP contribution in [0.15, 0.2) is 23.4 Å². The summed E-state index contributed by atoms with van der Waals surface area (Å²) >= 11 is 1.08. The third-order valence-corrected chi connectivity index (χ3v) is 1.90. The highest BCUT2D eigenvalue weighted by Gasteiger charge is 1.93. The van der Waals surface area contributed by atoms with Gasteiger partial charge in [0, 0.05) is 12.3 Å². The molecular weight excluding hydrogens is 150 g/mol. The maximum Gasteiger partial charge on any atom is 0.237 e. The molecule has 0 aliphatic rings. The van der Waals surface area contributed by atoms with Crippen molar-refractivity contribution in [2.75, 3.05) is 0 Å². The summed E-state index contributed by atoms with van der Waals surface area (Å²) < 4.78 is 1.56. The molecule has 0 aromatic carbocycles. The Balaban J connectivity index is 2.99. The van der Waals surface area contributed by atoms with Crippen LogP contribution in [0.5, 0.6) is 0 Å². The number of nitrogens with zero attached hydrogens (tertiary/aromatic N) is 3. The lowest BCUT2D eigenvalue weighted by atomic mass is 10.7. The zero-order chi connectivity index (χ0) is 6.97. The van der Waals surface area contributed by atoms with Crippen molar-refractivity contribution in [2.24, 2.45) is 0 Å². The average molecular weight is 153 g/mol. The predicted octanol–water partition coefficient (Wildman–Crippen LogP) is 0.151. The highest BCUT2D eigenvalue weighted by Crippen LogP contribution is 1.96. The maximum absolute atomic E-state index is 10.7. The number of rotatable bonds is 0. The van der Waals surface area contributed by atoms with E-state index in [0.717, 1.165) is 11.3 Å². The summed E-state index contributed by atoms with van der Waals surface area (Å²) in [5.41, 5.74) is 0. The van der Waals surface area contributed by atoms with Crippen LogP contribution in [0.1, 0.15) is 0 Å². The topological polar surface area (TPSA) is 47.3 Å². The predicted molar refractivity (Wildman–Crippen MR) is 37.1 cm³/mol. The molecule has 2 rings (SSSR count). The molecule has 0 saturated carbocycles. The summed E-state index contributed by atoms with van der Waals surface area (Å²) in [5.74, 6) is 0. The Bertz CT molecular complexity index is 404. The van der Waals surface area contributed by atoms with Gasteiger partial charge in [0.25, 0.3) is 0 Å². The van der Waals surface area contributed by atoms with Gasteiger partial charge in [0.2, 0.25) is 9.70 Å². The lowest BCUT2D eigenvalue weighted by Crippen LogP contribution is -1.94. The van der Waals surface area contributed by atoms with Gasteiger partial charge < -0.3 is 0 Å². The molecular formula is C5H3N3OS. The van der Waals surface area contributed by atoms with Gasteiger partial charge in [-0.25, -0.2) is 9.50 Å². The zero-order valence-electron chi connectivity index (χ0n) is 4.89. The summed E-state index contributed by atoms with van der Waals surface area (Å²) in [6.45, 7) is 0. The van der Waals surface area contributed by atoms with Crippen LogP contribution in [0.3, 0.4) is 0 Å². The molecule has 4 nitrogen and oxygen atoms in total. The van der Waals surface area contributed by atoms with Gasteiger partial charge in [0.1, 0.15) is 6.33 Å². The molecule has 0 bridgehead atoms. The fourth-order valence-corrected chi connectivity index (χ4v) is 1.28. The van der Waals surface area contributed by atoms with E-state index in [9.17, 15) is 4.79 Å². The average Bonchev–Trinajstić information content (AvgIpc) is 2.33. The second-order valence-corrected chi connectivity index (χ2v) is 2.70. The van der Waals surface area contributed by atoms with Crippen molar-refractivity contribution in [1.82, 2.24) is 14.6 Å². The van der Waals surface area contributed by atoms with Gasteiger partial charge in [-0.1, -0.05) is 11.3 Å². The zero-order valence-corrected chi connectivity index (χ0v) is 5.71. The van der Waals surface area contributed by atoms with Gasteiger partial charge in [-0.3, -0.25) is 4.79 Å². The van der Waals surface area contributed by atoms with Crippen LogP contribution < -0.4 is 4.74 Å². The first-order valence-electron chi connectivity index (χ1n) is 2.66. The van der Waals surface area contributed by atoms with Crippen molar-refractivity contribution in [3.05, 3.63) is 28.1 Å². The SMILES string of the molecule is O=c1ccn2ncnc2s1. The third kappa shape index (κ3) is 0.714. The van der Waals surface area contributed by atoms with Gasteiger partial charge in [-0.15, -0.1) is 0 Å². The molecule has 0 saturated heterocycles. The Hall–Kier alpha value is -1.23. The Morgan fingerprint density at radius 2 is 2.50 bits per heavy atom. The highest BCUT2D eigenvalue weighted by atomic mass is 32.1. The Labute approximate surface area is 59.8 Å². The van der Waals surface area contributed by atoms with Crippen LogP contribution in [0, 0.1) is 0 Å². The Kier molecular flexibility index (Phi) is 1.04. The fraction of sp³-hybridized carbons (Fsp3) is 0. The summed E-state index contributed by atoms with van der Waals surface area (Å²) in [7, 11) is 0. The van der Waals surface area contributed by atoms with Crippen LogP contribution in [0.25, 0.3) is 4.96 Å². The molecule has 0 aliphatic heterocycles. The largest absolute Gasteiger partial charge is 0.278 e. The molecule has 0 atom stereocenters. The molecule has 0 N–H and O–H groups in total. The molecule has 0 aliphatic carbocycles. The van der Waals surface area contributed by atoms with Crippen molar-refractivity contribution >= 4 is 16.3 Å². The van der Waals surface area contributed by atoms with Gasteiger partial charge >= 0.3 is 0 Å². The molecule has 2 aromatic rings. The first-order chi connectivity index (χ1) is 4.86. The van der Waals surface area contributed by atoms with E-state index in [1.54, 1.807) is 10.7 Å². The quantitative estimate of drug-likeness (QED) is 0.541. The number of hydrogen-bond donors (Lipinski definition) is 0. The van der Waals surface area contributed by atoms with E-state index in [0.29, 0.717) is 4.96 Å². The molecule has 2 heterocycles. The maximum atomic E-state index is 10.7. The molecule has 0 radical (unpaired) electrons. The monoisotopic (exact) mass is 153 g/mol. The van der Waals surface area contributed by atoms with E-state index in [-0.39, 0.29) is 4.74 Å². The van der Waals surface area contributed by atoms with E-state index in [4.69, 9.17) is 0 Å². The minimum absolute atomic E-state index is 0.000463. The lowest BCUT2D eigenvalue weighted by molar-refractivity contribution is 0.969. The van der Waals surface area contributed by atoms with Crippen molar-refractivity contribution in [1.29, 1.82) is 0 Å². The number of aromatic nitrogens is 3. The standard InChI is InChI=1S/C5H3N3OS/c9-4-1-2-8-5(10-4)6-3-7-8/h1-3H. The van der Waals surface area contributed by atoms with Gasteiger partial charge in [-0.2, -0.15) is 5.10 Å². The molecule has 0 spiro atoms. The highest BCUT2D eigenvalue weighted by molar-refractivity contribution is 7.14. The summed E-state index contributed by atoms with van der Waals surface area (Å²) in [6.07, 6.45) is 3.02. The van der Waals surface area contributed by atoms with E-state index >= 15 is 0 Å². The van der Waals surface area contributed by atoms with Crippen LogP contribution in [-0.4, -0.2) is 14.6 Å². The van der Waals surface area contributed by atoms with Crippen LogP contribution >= 0.6 is 11.3 Å². The minimum Gasteiger partial charge on any atom is -0.278 e. The van der Waals surface area contributed by atoms with Crippen molar-refractivity contribution in [2.45, 2.75) is 0 Å². The van der Waals surface area contributed by atoms with Crippen LogP contribution in [-0.2, 0) is 0 Å². The summed E-state index contributed by atoms with van der Waals surface area (Å²) in [5, 5.41) is 3.84. The van der Waals surface area contributed by atoms with Gasteiger partial charge in [0.05, 0.1) is 0 Å². The molecule has 5 heteroatoms. The molecule has 2 aromatic heterocycles. The molecule has 0 amide bonds. The van der Waals surface area contributed by atoms with Crippen LogP contribution in [0.4, 0.5) is 0 Å². The molecule has 0 fully saturated rings. The van der Waals surface area contributed by atoms with E-state index < -0.39 is 0 Å². The van der Waals surface area contributed by atoms with Gasteiger partial charge in [-0.05, 0) is 0 Å². The molecule has 50 valence electrons. The second kappa shape index (κ2) is 1.88. The van der Waals surface area contributed by atoms with E-state index in [1.807, 2.05) is 0 Å². The smallest absolute Gasteiger partial charge is 0.237 e. The molecule has 0 unspecified atom stereocenters. The van der Waals surface area contributed by atoms with Crippen molar-refractivity contribution in [3.63, 3.8) is 0 Å². The normalized spacial score (nSPS) is 10.4. The molecule has 10 heavy (non-hydrogen) atoms. The summed E-state index contributed by atoms with van der Waals surface area (Å²) in [6, 6.07) is 1.46. The van der Waals surface area contributed by atoms with E-state index in [1.165, 1.54) is 12.4 Å². The Morgan fingerprint density at radius 1 is 1.60 bits per heavy atom. The number of fused-ring (bicyclic) bond motifs is 1. The first-order valence-corrected chi connectivity index (χ1v) is 3.47. The lowest BCUT2D eigenvalue weighted by Gasteiger charge is -1.83. The van der Waals surface area contributed by atoms with Gasteiger partial charge in [0.15, 0.2) is 0 Å². The summed E-state index contributed by atoms with van der Waals surface area (Å²) in [4.78, 5) is 15.2. The Morgan fingerprint density at radius 3 is 3.40 bits per heavy atom. The minimum atomic E-state index is 0.000463. The number of hydrogen-bond acceptors (Lipinski definition) is 4. The van der Waals surface area contributed by atoms with E-state index in [2.05, 4.69) is 10.1 Å². The third-order valence-electron chi connectivity index (χ3n) is 1.08. The first kappa shape index (κ1) is 5.55. The van der Waals surface area contributed by atoms with Crippen molar-refractivity contribution < 1.29 is 0 Å². The second-order valence-electron chi connectivity index (χ2n) is 1.72.